The van der Waals surface area contributed by atoms with Crippen molar-refractivity contribution in [2.24, 2.45) is 0 Å². The lowest BCUT2D eigenvalue weighted by atomic mass is 10.1. The fraction of sp³-hybridized carbons (Fsp3) is 0.133. The van der Waals surface area contributed by atoms with E-state index in [2.05, 4.69) is 0 Å². The highest BCUT2D eigenvalue weighted by atomic mass is 19.1. The van der Waals surface area contributed by atoms with Crippen LogP contribution in [0, 0.1) is 22.9 Å². The molecule has 0 atom stereocenters. The van der Waals surface area contributed by atoms with Gasteiger partial charge in [0.1, 0.15) is 18.2 Å². The summed E-state index contributed by atoms with van der Waals surface area (Å²) < 4.78 is 18.6. The number of ether oxygens (including phenoxy) is 1. The van der Waals surface area contributed by atoms with Crippen LogP contribution < -0.4 is 4.74 Å². The zero-order valence-electron chi connectivity index (χ0n) is 11.2. The largest absolute Gasteiger partial charge is 0.488 e. The van der Waals surface area contributed by atoms with Gasteiger partial charge in [0.05, 0.1) is 16.1 Å². The third-order valence-electron chi connectivity index (χ3n) is 2.91. The van der Waals surface area contributed by atoms with Crippen LogP contribution in [-0.4, -0.2) is 11.2 Å². The molecule has 0 N–H and O–H groups in total. The van der Waals surface area contributed by atoms with Crippen molar-refractivity contribution in [2.75, 3.05) is 0 Å². The predicted octanol–water partition coefficient (Wildman–Crippen LogP) is 3.43. The molecule has 5 nitrogen and oxygen atoms in total. The van der Waals surface area contributed by atoms with Crippen LogP contribution in [-0.2, 0) is 6.61 Å². The molecule has 2 rings (SSSR count). The summed E-state index contributed by atoms with van der Waals surface area (Å²) in [6, 6.07) is 8.15. The van der Waals surface area contributed by atoms with Gasteiger partial charge < -0.3 is 4.74 Å². The smallest absolute Gasteiger partial charge is 0.276 e. The molecule has 0 aliphatic rings. The molecule has 0 spiro atoms. The highest BCUT2D eigenvalue weighted by Crippen LogP contribution is 2.24. The van der Waals surface area contributed by atoms with Crippen molar-refractivity contribution in [3.63, 3.8) is 0 Å². The number of nitro benzene ring substituents is 1. The van der Waals surface area contributed by atoms with Gasteiger partial charge in [0.2, 0.25) is 0 Å². The molecule has 0 aliphatic heterocycles. The van der Waals surface area contributed by atoms with E-state index in [9.17, 15) is 19.3 Å². The number of nitro groups is 1. The number of carbonyl (C=O) groups is 1. The van der Waals surface area contributed by atoms with Crippen molar-refractivity contribution < 1.29 is 18.8 Å². The molecule has 0 amide bonds. The van der Waals surface area contributed by atoms with E-state index >= 15 is 0 Å². The van der Waals surface area contributed by atoms with Crippen molar-refractivity contribution >= 4 is 12.0 Å². The third-order valence-corrected chi connectivity index (χ3v) is 2.91. The highest BCUT2D eigenvalue weighted by molar-refractivity contribution is 5.79. The van der Waals surface area contributed by atoms with Gasteiger partial charge in [-0.2, -0.15) is 0 Å². The van der Waals surface area contributed by atoms with E-state index in [1.807, 2.05) is 6.92 Å². The molecule has 2 aromatic carbocycles. The van der Waals surface area contributed by atoms with Crippen molar-refractivity contribution in [1.29, 1.82) is 0 Å². The minimum atomic E-state index is -0.603. The molecular formula is C15H12FNO4. The third kappa shape index (κ3) is 3.42. The van der Waals surface area contributed by atoms with E-state index in [0.29, 0.717) is 17.6 Å². The van der Waals surface area contributed by atoms with Gasteiger partial charge in [-0.15, -0.1) is 0 Å². The van der Waals surface area contributed by atoms with Gasteiger partial charge in [-0.3, -0.25) is 14.9 Å². The van der Waals surface area contributed by atoms with Crippen LogP contribution in [0.2, 0.25) is 0 Å². The number of halogens is 1. The van der Waals surface area contributed by atoms with Crippen LogP contribution in [0.4, 0.5) is 10.1 Å². The standard InChI is InChI=1S/C15H12FNO4/c1-10-2-5-15(11(6-10)8-18)21-9-12-7-13(16)3-4-14(12)17(19)20/h2-8H,9H2,1H3. The summed E-state index contributed by atoms with van der Waals surface area (Å²) in [5.41, 5.74) is 1.11. The van der Waals surface area contributed by atoms with E-state index in [0.717, 1.165) is 23.8 Å². The average molecular weight is 289 g/mol. The summed E-state index contributed by atoms with van der Waals surface area (Å²) in [6.07, 6.45) is 0.641. The Bertz CT molecular complexity index is 700. The monoisotopic (exact) mass is 289 g/mol. The second-order valence-corrected chi connectivity index (χ2v) is 4.48. The Morgan fingerprint density at radius 3 is 2.71 bits per heavy atom. The summed E-state index contributed by atoms with van der Waals surface area (Å²) in [5.74, 6) is -0.284. The van der Waals surface area contributed by atoms with Crippen molar-refractivity contribution in [1.82, 2.24) is 0 Å². The molecule has 0 heterocycles. The minimum absolute atomic E-state index is 0.109. The van der Waals surface area contributed by atoms with Crippen LogP contribution in [0.1, 0.15) is 21.5 Å². The van der Waals surface area contributed by atoms with Gasteiger partial charge in [-0.1, -0.05) is 11.6 Å². The van der Waals surface area contributed by atoms with E-state index in [-0.39, 0.29) is 17.9 Å². The van der Waals surface area contributed by atoms with Gasteiger partial charge in [0, 0.05) is 6.07 Å². The molecule has 21 heavy (non-hydrogen) atoms. The van der Waals surface area contributed by atoms with E-state index in [1.165, 1.54) is 0 Å². The lowest BCUT2D eigenvalue weighted by Crippen LogP contribution is -2.03. The molecule has 6 heteroatoms. The van der Waals surface area contributed by atoms with Crippen molar-refractivity contribution in [3.8, 4) is 5.75 Å². The van der Waals surface area contributed by atoms with E-state index in [1.54, 1.807) is 18.2 Å². The average Bonchev–Trinajstić information content (AvgIpc) is 2.45. The molecule has 0 saturated heterocycles. The maximum absolute atomic E-state index is 13.2. The topological polar surface area (TPSA) is 69.4 Å². The van der Waals surface area contributed by atoms with E-state index in [4.69, 9.17) is 4.74 Å². The maximum atomic E-state index is 13.2. The lowest BCUT2D eigenvalue weighted by Gasteiger charge is -2.09. The molecule has 0 fully saturated rings. The predicted molar refractivity (Wildman–Crippen MR) is 74.0 cm³/mol. The number of benzene rings is 2. The lowest BCUT2D eigenvalue weighted by molar-refractivity contribution is -0.385. The summed E-state index contributed by atoms with van der Waals surface area (Å²) in [6.45, 7) is 1.63. The number of nitrogens with zero attached hydrogens (tertiary/aromatic N) is 1. The Kier molecular flexibility index (Phi) is 4.27. The number of carbonyl (C=O) groups excluding carboxylic acids is 1. The molecular weight excluding hydrogens is 277 g/mol. The molecule has 0 aromatic heterocycles. The van der Waals surface area contributed by atoms with Crippen LogP contribution >= 0.6 is 0 Å². The first-order valence-electron chi connectivity index (χ1n) is 6.12. The molecule has 108 valence electrons. The zero-order valence-corrected chi connectivity index (χ0v) is 11.2. The minimum Gasteiger partial charge on any atom is -0.488 e. The van der Waals surface area contributed by atoms with Gasteiger partial charge in [0.15, 0.2) is 6.29 Å². The summed E-state index contributed by atoms with van der Waals surface area (Å²) in [7, 11) is 0. The number of aldehydes is 1. The molecule has 0 unspecified atom stereocenters. The second-order valence-electron chi connectivity index (χ2n) is 4.48. The first-order valence-corrected chi connectivity index (χ1v) is 6.12. The Morgan fingerprint density at radius 1 is 1.29 bits per heavy atom. The van der Waals surface area contributed by atoms with E-state index < -0.39 is 10.7 Å². The first-order chi connectivity index (χ1) is 10.0. The normalized spacial score (nSPS) is 10.2. The van der Waals surface area contributed by atoms with Crippen LogP contribution in [0.25, 0.3) is 0 Å². The Labute approximate surface area is 120 Å². The van der Waals surface area contributed by atoms with Crippen LogP contribution in [0.3, 0.4) is 0 Å². The van der Waals surface area contributed by atoms with Gasteiger partial charge >= 0.3 is 0 Å². The Balaban J connectivity index is 2.26. The van der Waals surface area contributed by atoms with Crippen LogP contribution in [0.15, 0.2) is 36.4 Å². The summed E-state index contributed by atoms with van der Waals surface area (Å²) >= 11 is 0. The number of rotatable bonds is 5. The SMILES string of the molecule is Cc1ccc(OCc2cc(F)ccc2[N+](=O)[O-])c(C=O)c1. The Morgan fingerprint density at radius 2 is 2.05 bits per heavy atom. The molecule has 0 saturated carbocycles. The Hall–Kier alpha value is -2.76. The summed E-state index contributed by atoms with van der Waals surface area (Å²) in [5, 5.41) is 10.9. The molecule has 0 aliphatic carbocycles. The maximum Gasteiger partial charge on any atom is 0.276 e. The quantitative estimate of drug-likeness (QED) is 0.480. The number of hydrogen-bond acceptors (Lipinski definition) is 4. The van der Waals surface area contributed by atoms with Gasteiger partial charge in [-0.25, -0.2) is 4.39 Å². The first kappa shape index (κ1) is 14.6. The van der Waals surface area contributed by atoms with Gasteiger partial charge in [-0.05, 0) is 31.2 Å². The fourth-order valence-corrected chi connectivity index (χ4v) is 1.89. The zero-order chi connectivity index (χ0) is 15.4. The highest BCUT2D eigenvalue weighted by Gasteiger charge is 2.15. The molecule has 0 radical (unpaired) electrons. The summed E-state index contributed by atoms with van der Waals surface area (Å²) in [4.78, 5) is 21.3. The molecule has 0 bridgehead atoms. The van der Waals surface area contributed by atoms with Crippen molar-refractivity contribution in [3.05, 3.63) is 69.0 Å². The van der Waals surface area contributed by atoms with Crippen molar-refractivity contribution in [2.45, 2.75) is 13.5 Å². The fourth-order valence-electron chi connectivity index (χ4n) is 1.89. The second kappa shape index (κ2) is 6.13. The van der Waals surface area contributed by atoms with Crippen LogP contribution in [0.5, 0.6) is 5.75 Å². The number of hydrogen-bond donors (Lipinski definition) is 0. The molecule has 2 aromatic rings. The van der Waals surface area contributed by atoms with Gasteiger partial charge in [0.25, 0.3) is 5.69 Å². The number of aryl methyl sites for hydroxylation is 1.